The van der Waals surface area contributed by atoms with Crippen LogP contribution < -0.4 is 10.5 Å². The van der Waals surface area contributed by atoms with Crippen molar-refractivity contribution in [1.29, 1.82) is 0 Å². The molecule has 0 spiro atoms. The number of nitrogens with one attached hydrogen (secondary N) is 1. The highest BCUT2D eigenvalue weighted by molar-refractivity contribution is 7.87. The standard InChI is InChI=1S/C11H23N3O2S2/c1-11(2,3)13-18(15,16)14(8-10(12)17)9-6-4-5-7-9/h9,13H,4-8H2,1-3H3,(H2,12,17). The molecule has 0 bridgehead atoms. The predicted molar refractivity (Wildman–Crippen MR) is 77.6 cm³/mol. The molecule has 1 aliphatic carbocycles. The molecule has 0 saturated heterocycles. The van der Waals surface area contributed by atoms with Crippen molar-refractivity contribution in [2.24, 2.45) is 5.73 Å². The highest BCUT2D eigenvalue weighted by atomic mass is 32.2. The smallest absolute Gasteiger partial charge is 0.280 e. The molecule has 0 heterocycles. The molecule has 0 radical (unpaired) electrons. The van der Waals surface area contributed by atoms with Crippen LogP contribution in [0.5, 0.6) is 0 Å². The molecule has 1 saturated carbocycles. The van der Waals surface area contributed by atoms with Gasteiger partial charge >= 0.3 is 0 Å². The van der Waals surface area contributed by atoms with Gasteiger partial charge in [-0.2, -0.15) is 17.4 Å². The van der Waals surface area contributed by atoms with E-state index in [2.05, 4.69) is 4.72 Å². The lowest BCUT2D eigenvalue weighted by Crippen LogP contribution is -2.53. The summed E-state index contributed by atoms with van der Waals surface area (Å²) in [4.78, 5) is 0.209. The SMILES string of the molecule is CC(C)(C)NS(=O)(=O)N(CC(N)=S)C1CCCC1. The van der Waals surface area contributed by atoms with E-state index in [9.17, 15) is 8.42 Å². The molecular weight excluding hydrogens is 270 g/mol. The zero-order valence-corrected chi connectivity index (χ0v) is 12.9. The van der Waals surface area contributed by atoms with Crippen LogP contribution in [0, 0.1) is 0 Å². The van der Waals surface area contributed by atoms with Crippen LogP contribution in [0.2, 0.25) is 0 Å². The Morgan fingerprint density at radius 3 is 2.28 bits per heavy atom. The Labute approximate surface area is 115 Å². The second-order valence-corrected chi connectivity index (χ2v) is 7.95. The van der Waals surface area contributed by atoms with Crippen molar-refractivity contribution in [3.8, 4) is 0 Å². The molecular formula is C11H23N3O2S2. The summed E-state index contributed by atoms with van der Waals surface area (Å²) < 4.78 is 28.8. The Bertz CT molecular complexity index is 395. The van der Waals surface area contributed by atoms with Crippen molar-refractivity contribution in [3.63, 3.8) is 0 Å². The topological polar surface area (TPSA) is 75.4 Å². The summed E-state index contributed by atoms with van der Waals surface area (Å²) in [6.45, 7) is 5.57. The van der Waals surface area contributed by atoms with E-state index in [-0.39, 0.29) is 17.6 Å². The van der Waals surface area contributed by atoms with Gasteiger partial charge in [0.15, 0.2) is 0 Å². The van der Waals surface area contributed by atoms with Crippen molar-refractivity contribution in [2.75, 3.05) is 6.54 Å². The first-order valence-corrected chi connectivity index (χ1v) is 8.06. The van der Waals surface area contributed by atoms with E-state index >= 15 is 0 Å². The van der Waals surface area contributed by atoms with Crippen LogP contribution in [-0.2, 0) is 10.2 Å². The summed E-state index contributed by atoms with van der Waals surface area (Å²) in [5.41, 5.74) is 5.01. The van der Waals surface area contributed by atoms with E-state index in [1.54, 1.807) is 0 Å². The maximum Gasteiger partial charge on any atom is 0.280 e. The van der Waals surface area contributed by atoms with Crippen LogP contribution in [0.15, 0.2) is 0 Å². The first-order valence-electron chi connectivity index (χ1n) is 6.21. The molecule has 0 aromatic carbocycles. The molecule has 0 amide bonds. The van der Waals surface area contributed by atoms with Gasteiger partial charge in [0.25, 0.3) is 10.2 Å². The molecule has 1 fully saturated rings. The fraction of sp³-hybridized carbons (Fsp3) is 0.909. The molecule has 5 nitrogen and oxygen atoms in total. The maximum absolute atomic E-state index is 12.4. The number of hydrogen-bond acceptors (Lipinski definition) is 3. The van der Waals surface area contributed by atoms with E-state index in [0.29, 0.717) is 0 Å². The minimum atomic E-state index is -3.54. The summed E-state index contributed by atoms with van der Waals surface area (Å²) in [7, 11) is -3.54. The zero-order valence-electron chi connectivity index (χ0n) is 11.3. The largest absolute Gasteiger partial charge is 0.392 e. The molecule has 0 aliphatic heterocycles. The van der Waals surface area contributed by atoms with Crippen molar-refractivity contribution >= 4 is 27.4 Å². The summed E-state index contributed by atoms with van der Waals surface area (Å²) >= 11 is 4.86. The van der Waals surface area contributed by atoms with Gasteiger partial charge in [-0.15, -0.1) is 0 Å². The lowest BCUT2D eigenvalue weighted by Gasteiger charge is -2.31. The number of nitrogens with zero attached hydrogens (tertiary/aromatic N) is 1. The number of hydrogen-bond donors (Lipinski definition) is 2. The molecule has 1 rings (SSSR count). The molecule has 106 valence electrons. The van der Waals surface area contributed by atoms with Gasteiger partial charge in [0.1, 0.15) is 0 Å². The summed E-state index contributed by atoms with van der Waals surface area (Å²) in [6, 6.07) is 0.0198. The quantitative estimate of drug-likeness (QED) is 0.746. The predicted octanol–water partition coefficient (Wildman–Crippen LogP) is 1.15. The van der Waals surface area contributed by atoms with Crippen LogP contribution >= 0.6 is 12.2 Å². The minimum Gasteiger partial charge on any atom is -0.392 e. The first kappa shape index (κ1) is 15.8. The van der Waals surface area contributed by atoms with Gasteiger partial charge in [-0.1, -0.05) is 25.1 Å². The highest BCUT2D eigenvalue weighted by Gasteiger charge is 2.34. The number of thiocarbonyl (C=S) groups is 1. The summed E-state index contributed by atoms with van der Waals surface area (Å²) in [6.07, 6.45) is 3.88. The van der Waals surface area contributed by atoms with Crippen LogP contribution in [0.3, 0.4) is 0 Å². The monoisotopic (exact) mass is 293 g/mol. The fourth-order valence-electron chi connectivity index (χ4n) is 2.20. The summed E-state index contributed by atoms with van der Waals surface area (Å²) in [5.74, 6) is 0. The van der Waals surface area contributed by atoms with Gasteiger partial charge in [-0.3, -0.25) is 0 Å². The second kappa shape index (κ2) is 5.81. The van der Waals surface area contributed by atoms with Crippen molar-refractivity contribution in [3.05, 3.63) is 0 Å². The molecule has 3 N–H and O–H groups in total. The van der Waals surface area contributed by atoms with Gasteiger partial charge in [0, 0.05) is 11.6 Å². The average molecular weight is 293 g/mol. The second-order valence-electron chi connectivity index (χ2n) is 5.81. The van der Waals surface area contributed by atoms with Crippen LogP contribution in [0.4, 0.5) is 0 Å². The normalized spacial score (nSPS) is 18.4. The van der Waals surface area contributed by atoms with E-state index in [0.717, 1.165) is 25.7 Å². The third-order valence-electron chi connectivity index (χ3n) is 2.79. The van der Waals surface area contributed by atoms with Crippen molar-refractivity contribution in [1.82, 2.24) is 9.03 Å². The molecule has 0 atom stereocenters. The van der Waals surface area contributed by atoms with E-state index in [4.69, 9.17) is 18.0 Å². The molecule has 7 heteroatoms. The minimum absolute atomic E-state index is 0.0198. The average Bonchev–Trinajstić information content (AvgIpc) is 2.61. The van der Waals surface area contributed by atoms with E-state index in [1.807, 2.05) is 20.8 Å². The summed E-state index contributed by atoms with van der Waals surface area (Å²) in [5, 5.41) is 0. The number of rotatable bonds is 5. The van der Waals surface area contributed by atoms with E-state index in [1.165, 1.54) is 4.31 Å². The zero-order chi connectivity index (χ0) is 14.0. The van der Waals surface area contributed by atoms with Gasteiger partial charge in [-0.25, -0.2) is 0 Å². The Hall–Kier alpha value is -0.240. The first-order chi connectivity index (χ1) is 8.12. The van der Waals surface area contributed by atoms with Gasteiger partial charge in [0.2, 0.25) is 0 Å². The Morgan fingerprint density at radius 2 is 1.89 bits per heavy atom. The molecule has 18 heavy (non-hydrogen) atoms. The fourth-order valence-corrected chi connectivity index (χ4v) is 4.23. The van der Waals surface area contributed by atoms with Crippen LogP contribution in [0.25, 0.3) is 0 Å². The molecule has 0 aromatic rings. The third kappa shape index (κ3) is 4.79. The number of nitrogens with two attached hydrogens (primary N) is 1. The van der Waals surface area contributed by atoms with Crippen LogP contribution in [0.1, 0.15) is 46.5 Å². The van der Waals surface area contributed by atoms with Gasteiger partial charge < -0.3 is 5.73 Å². The lowest BCUT2D eigenvalue weighted by molar-refractivity contribution is 0.339. The lowest BCUT2D eigenvalue weighted by atomic mass is 10.1. The maximum atomic E-state index is 12.4. The van der Waals surface area contributed by atoms with Crippen molar-refractivity contribution in [2.45, 2.75) is 58.0 Å². The third-order valence-corrected chi connectivity index (χ3v) is 4.83. The molecule has 0 unspecified atom stereocenters. The Balaban J connectivity index is 2.90. The van der Waals surface area contributed by atoms with Gasteiger partial charge in [-0.05, 0) is 33.6 Å². The molecule has 0 aromatic heterocycles. The Morgan fingerprint density at radius 1 is 1.39 bits per heavy atom. The van der Waals surface area contributed by atoms with Crippen molar-refractivity contribution < 1.29 is 8.42 Å². The highest BCUT2D eigenvalue weighted by Crippen LogP contribution is 2.25. The van der Waals surface area contributed by atoms with Crippen LogP contribution in [-0.4, -0.2) is 35.8 Å². The Kier molecular flexibility index (Phi) is 5.11. The van der Waals surface area contributed by atoms with E-state index < -0.39 is 15.7 Å². The molecule has 1 aliphatic rings. The van der Waals surface area contributed by atoms with Gasteiger partial charge in [0.05, 0.1) is 11.5 Å².